The van der Waals surface area contributed by atoms with Gasteiger partial charge in [-0.3, -0.25) is 0 Å². The second kappa shape index (κ2) is 6.22. The maximum atomic E-state index is 12.1. The summed E-state index contributed by atoms with van der Waals surface area (Å²) in [6.45, 7) is 3.01. The minimum absolute atomic E-state index is 0.0698. The van der Waals surface area contributed by atoms with Gasteiger partial charge in [-0.1, -0.05) is 6.07 Å². The molecule has 21 heavy (non-hydrogen) atoms. The normalized spacial score (nSPS) is 19.6. The molecule has 6 nitrogen and oxygen atoms in total. The molecule has 0 spiro atoms. The number of amides is 2. The van der Waals surface area contributed by atoms with Gasteiger partial charge >= 0.3 is 6.03 Å². The zero-order valence-electron chi connectivity index (χ0n) is 12.1. The van der Waals surface area contributed by atoms with Crippen LogP contribution in [0.3, 0.4) is 0 Å². The Morgan fingerprint density at radius 1 is 1.38 bits per heavy atom. The molecule has 1 fully saturated rings. The fourth-order valence-corrected chi connectivity index (χ4v) is 2.50. The van der Waals surface area contributed by atoms with E-state index >= 15 is 0 Å². The Labute approximate surface area is 124 Å². The minimum Gasteiger partial charge on any atom is -0.454 e. The first-order valence-electron chi connectivity index (χ1n) is 7.17. The van der Waals surface area contributed by atoms with E-state index < -0.39 is 0 Å². The highest BCUT2D eigenvalue weighted by atomic mass is 16.7. The smallest absolute Gasteiger partial charge is 0.317 e. The Morgan fingerprint density at radius 2 is 2.24 bits per heavy atom. The van der Waals surface area contributed by atoms with Crippen molar-refractivity contribution < 1.29 is 19.0 Å². The van der Waals surface area contributed by atoms with Crippen molar-refractivity contribution in [1.29, 1.82) is 0 Å². The summed E-state index contributed by atoms with van der Waals surface area (Å²) in [5.41, 5.74) is 1.01. The number of nitrogens with one attached hydrogen (secondary N) is 1. The van der Waals surface area contributed by atoms with Crippen LogP contribution in [0.2, 0.25) is 0 Å². The van der Waals surface area contributed by atoms with Crippen LogP contribution < -0.4 is 14.8 Å². The summed E-state index contributed by atoms with van der Waals surface area (Å²) in [6, 6.07) is 5.66. The number of carbonyl (C=O) groups excluding carboxylic acids is 1. The predicted octanol–water partition coefficient (Wildman–Crippen LogP) is 1.59. The quantitative estimate of drug-likeness (QED) is 0.915. The molecule has 2 heterocycles. The molecule has 0 radical (unpaired) electrons. The van der Waals surface area contributed by atoms with E-state index in [0.717, 1.165) is 36.7 Å². The number of benzene rings is 1. The number of hydrogen-bond donors (Lipinski definition) is 1. The van der Waals surface area contributed by atoms with Crippen molar-refractivity contribution in [3.05, 3.63) is 23.8 Å². The molecule has 1 aromatic carbocycles. The number of fused-ring (bicyclic) bond motifs is 1. The van der Waals surface area contributed by atoms with E-state index in [1.54, 1.807) is 11.9 Å². The van der Waals surface area contributed by atoms with Crippen LogP contribution in [0.5, 0.6) is 11.5 Å². The molecule has 0 saturated carbocycles. The summed E-state index contributed by atoms with van der Waals surface area (Å²) in [5, 5.41) is 2.95. The lowest BCUT2D eigenvalue weighted by Gasteiger charge is -2.19. The Balaban J connectivity index is 1.50. The topological polar surface area (TPSA) is 60.0 Å². The number of ether oxygens (including phenoxy) is 3. The van der Waals surface area contributed by atoms with Gasteiger partial charge in [0.1, 0.15) is 0 Å². The maximum absolute atomic E-state index is 12.1. The van der Waals surface area contributed by atoms with Crippen molar-refractivity contribution in [3.8, 4) is 11.5 Å². The lowest BCUT2D eigenvalue weighted by Crippen LogP contribution is -2.39. The average molecular weight is 292 g/mol. The molecular formula is C15H20N2O4. The highest BCUT2D eigenvalue weighted by molar-refractivity contribution is 5.73. The first-order valence-corrected chi connectivity index (χ1v) is 7.17. The molecule has 1 unspecified atom stereocenters. The fraction of sp³-hybridized carbons (Fsp3) is 0.533. The van der Waals surface area contributed by atoms with Crippen LogP contribution in [0.4, 0.5) is 4.79 Å². The maximum Gasteiger partial charge on any atom is 0.317 e. The van der Waals surface area contributed by atoms with Crippen LogP contribution in [0.1, 0.15) is 12.0 Å². The Hall–Kier alpha value is -1.95. The second-order valence-electron chi connectivity index (χ2n) is 5.46. The van der Waals surface area contributed by atoms with E-state index in [1.165, 1.54) is 0 Å². The van der Waals surface area contributed by atoms with E-state index in [-0.39, 0.29) is 12.8 Å². The number of hydrogen-bond acceptors (Lipinski definition) is 4. The molecular weight excluding hydrogens is 272 g/mol. The van der Waals surface area contributed by atoms with Crippen LogP contribution >= 0.6 is 0 Å². The minimum atomic E-state index is -0.0698. The zero-order valence-corrected chi connectivity index (χ0v) is 12.1. The Kier molecular flexibility index (Phi) is 4.15. The molecule has 1 N–H and O–H groups in total. The lowest BCUT2D eigenvalue weighted by molar-refractivity contribution is 0.173. The van der Waals surface area contributed by atoms with Crippen molar-refractivity contribution >= 4 is 6.03 Å². The molecule has 3 rings (SSSR count). The van der Waals surface area contributed by atoms with Gasteiger partial charge in [0.25, 0.3) is 0 Å². The SMILES string of the molecule is CN(Cc1ccc2c(c1)OCO2)C(=O)NCC1CCOC1. The molecule has 6 heteroatoms. The van der Waals surface area contributed by atoms with Gasteiger partial charge in [-0.15, -0.1) is 0 Å². The van der Waals surface area contributed by atoms with Crippen molar-refractivity contribution in [2.75, 3.05) is 33.6 Å². The fourth-order valence-electron chi connectivity index (χ4n) is 2.50. The van der Waals surface area contributed by atoms with Gasteiger partial charge in [-0.2, -0.15) is 0 Å². The van der Waals surface area contributed by atoms with Crippen LogP contribution in [0.15, 0.2) is 18.2 Å². The van der Waals surface area contributed by atoms with E-state index in [4.69, 9.17) is 14.2 Å². The van der Waals surface area contributed by atoms with Gasteiger partial charge in [-0.25, -0.2) is 4.79 Å². The highest BCUT2D eigenvalue weighted by Crippen LogP contribution is 2.32. The third-order valence-corrected chi connectivity index (χ3v) is 3.77. The first-order chi connectivity index (χ1) is 10.2. The van der Waals surface area contributed by atoms with E-state index in [0.29, 0.717) is 19.0 Å². The monoisotopic (exact) mass is 292 g/mol. The number of carbonyl (C=O) groups is 1. The van der Waals surface area contributed by atoms with Crippen LogP contribution in [0.25, 0.3) is 0 Å². The molecule has 0 aromatic heterocycles. The van der Waals surface area contributed by atoms with Crippen molar-refractivity contribution in [2.45, 2.75) is 13.0 Å². The van der Waals surface area contributed by atoms with Gasteiger partial charge in [0.2, 0.25) is 6.79 Å². The van der Waals surface area contributed by atoms with Crippen LogP contribution in [-0.2, 0) is 11.3 Å². The predicted molar refractivity (Wildman–Crippen MR) is 76.4 cm³/mol. The molecule has 0 aliphatic carbocycles. The lowest BCUT2D eigenvalue weighted by atomic mass is 10.1. The van der Waals surface area contributed by atoms with Gasteiger partial charge in [0, 0.05) is 32.7 Å². The van der Waals surface area contributed by atoms with Crippen LogP contribution in [-0.4, -0.2) is 44.5 Å². The van der Waals surface area contributed by atoms with Gasteiger partial charge in [0.15, 0.2) is 11.5 Å². The summed E-state index contributed by atoms with van der Waals surface area (Å²) < 4.78 is 15.9. The van der Waals surface area contributed by atoms with E-state index in [2.05, 4.69) is 5.32 Å². The Bertz CT molecular complexity index is 514. The van der Waals surface area contributed by atoms with Gasteiger partial charge in [0.05, 0.1) is 6.61 Å². The molecule has 2 amide bonds. The molecule has 2 aliphatic heterocycles. The van der Waals surface area contributed by atoms with Crippen molar-refractivity contribution in [1.82, 2.24) is 10.2 Å². The standard InChI is InChI=1S/C15H20N2O4/c1-17(15(18)16-7-12-4-5-19-9-12)8-11-2-3-13-14(6-11)21-10-20-13/h2-3,6,12H,4-5,7-10H2,1H3,(H,16,18). The number of urea groups is 1. The summed E-state index contributed by atoms with van der Waals surface area (Å²) in [5.74, 6) is 1.93. The number of rotatable bonds is 4. The summed E-state index contributed by atoms with van der Waals surface area (Å²) in [7, 11) is 1.78. The second-order valence-corrected chi connectivity index (χ2v) is 5.46. The highest BCUT2D eigenvalue weighted by Gasteiger charge is 2.18. The van der Waals surface area contributed by atoms with Gasteiger partial charge < -0.3 is 24.4 Å². The van der Waals surface area contributed by atoms with E-state index in [1.807, 2.05) is 18.2 Å². The van der Waals surface area contributed by atoms with Crippen molar-refractivity contribution in [3.63, 3.8) is 0 Å². The summed E-state index contributed by atoms with van der Waals surface area (Å²) in [4.78, 5) is 13.7. The molecule has 2 aliphatic rings. The van der Waals surface area contributed by atoms with Crippen LogP contribution in [0, 0.1) is 5.92 Å². The molecule has 1 aromatic rings. The summed E-state index contributed by atoms with van der Waals surface area (Å²) >= 11 is 0. The first kappa shape index (κ1) is 14.0. The Morgan fingerprint density at radius 3 is 3.05 bits per heavy atom. The average Bonchev–Trinajstić information content (AvgIpc) is 3.15. The molecule has 1 saturated heterocycles. The third-order valence-electron chi connectivity index (χ3n) is 3.77. The van der Waals surface area contributed by atoms with E-state index in [9.17, 15) is 4.79 Å². The largest absolute Gasteiger partial charge is 0.454 e. The third kappa shape index (κ3) is 3.39. The molecule has 0 bridgehead atoms. The van der Waals surface area contributed by atoms with Crippen molar-refractivity contribution in [2.24, 2.45) is 5.92 Å². The number of nitrogens with zero attached hydrogens (tertiary/aromatic N) is 1. The van der Waals surface area contributed by atoms with Gasteiger partial charge in [-0.05, 0) is 24.1 Å². The molecule has 114 valence electrons. The zero-order chi connectivity index (χ0) is 14.7. The molecule has 1 atom stereocenters. The summed E-state index contributed by atoms with van der Waals surface area (Å²) in [6.07, 6.45) is 1.02.